The maximum absolute atomic E-state index is 14.4. The lowest BCUT2D eigenvalue weighted by Gasteiger charge is -2.11. The molecule has 678 valence electrons. The minimum Gasteiger partial charge on any atom is -0.394 e. The molecule has 0 aliphatic heterocycles. The minimum absolute atomic E-state index is 0.0420. The number of nitrogens with one attached hydrogen (secondary N) is 5. The van der Waals surface area contributed by atoms with Crippen molar-refractivity contribution in [1.82, 2.24) is 75.2 Å². The molecule has 1 atom stereocenters. The van der Waals surface area contributed by atoms with Gasteiger partial charge in [-0.15, -0.1) is 0 Å². The van der Waals surface area contributed by atoms with Crippen molar-refractivity contribution in [2.75, 3.05) is 46.8 Å². The third-order valence-electron chi connectivity index (χ3n) is 22.4. The number of rotatable bonds is 28. The van der Waals surface area contributed by atoms with Gasteiger partial charge in [0.25, 0.3) is 29.5 Å². The van der Waals surface area contributed by atoms with E-state index < -0.39 is 18.6 Å². The summed E-state index contributed by atoms with van der Waals surface area (Å²) in [5, 5.41) is 30.9. The zero-order valence-electron chi connectivity index (χ0n) is 74.0. The molecule has 28 nitrogen and oxygen atoms in total. The molecule has 10 heterocycles. The van der Waals surface area contributed by atoms with Crippen LogP contribution in [0.4, 0.5) is 4.39 Å². The Morgan fingerprint density at radius 3 is 1.02 bits per heavy atom. The van der Waals surface area contributed by atoms with Gasteiger partial charge in [-0.1, -0.05) is 48.0 Å². The predicted molar refractivity (Wildman–Crippen MR) is 531 cm³/mol. The summed E-state index contributed by atoms with van der Waals surface area (Å²) in [5.41, 5.74) is 34.3. The molecule has 15 aromatic rings. The number of carbonyl (C=O) groups excluding carboxylic acids is 5. The van der Waals surface area contributed by atoms with Crippen LogP contribution in [0.15, 0.2) is 183 Å². The molecule has 0 unspecified atom stereocenters. The van der Waals surface area contributed by atoms with E-state index in [0.717, 1.165) is 76.0 Å². The van der Waals surface area contributed by atoms with Gasteiger partial charge in [-0.2, -0.15) is 0 Å². The number of aliphatic hydroxyl groups excluding tert-OH is 3. The van der Waals surface area contributed by atoms with Crippen LogP contribution in [0.2, 0.25) is 0 Å². The van der Waals surface area contributed by atoms with Gasteiger partial charge >= 0.3 is 0 Å². The Morgan fingerprint density at radius 1 is 0.415 bits per heavy atom. The summed E-state index contributed by atoms with van der Waals surface area (Å²) in [7, 11) is 11.0. The van der Waals surface area contributed by atoms with E-state index in [1.165, 1.54) is 81.2 Å². The monoisotopic (exact) mass is 2210 g/mol. The van der Waals surface area contributed by atoms with Gasteiger partial charge < -0.3 is 38.2 Å². The molecule has 1 aliphatic rings. The number of amides is 5. The van der Waals surface area contributed by atoms with E-state index in [9.17, 15) is 33.5 Å². The molecule has 0 spiro atoms. The van der Waals surface area contributed by atoms with Gasteiger partial charge in [-0.3, -0.25) is 48.2 Å². The van der Waals surface area contributed by atoms with Gasteiger partial charge in [0.05, 0.1) is 68.0 Å². The maximum Gasteiger partial charge on any atom is 0.277 e. The minimum atomic E-state index is -1.10. The molecular weight excluding hydrogens is 2110 g/mol. The lowest BCUT2D eigenvalue weighted by molar-refractivity contribution is -0.0295. The highest BCUT2D eigenvalue weighted by Crippen LogP contribution is 2.35. The first kappa shape index (κ1) is 98.5. The Hall–Kier alpha value is -10.6. The summed E-state index contributed by atoms with van der Waals surface area (Å²) in [6, 6.07) is 48.8. The summed E-state index contributed by atoms with van der Waals surface area (Å²) in [4.78, 5) is 111. The lowest BCUT2D eigenvalue weighted by Crippen LogP contribution is -2.30. The first-order valence-corrected chi connectivity index (χ1v) is 46.1. The number of fused-ring (bicyclic) bond motifs is 5. The lowest BCUT2D eigenvalue weighted by atomic mass is 9.99. The molecular formula is C97H102FI4N15O13. The van der Waals surface area contributed by atoms with Gasteiger partial charge in [-0.25, -0.2) is 56.7 Å². The van der Waals surface area contributed by atoms with Crippen molar-refractivity contribution in [2.45, 2.75) is 92.6 Å². The van der Waals surface area contributed by atoms with E-state index in [1.807, 2.05) is 125 Å². The van der Waals surface area contributed by atoms with Crippen LogP contribution >= 0.6 is 90.4 Å². The number of nitrogens with zero attached hydrogens (tertiary/aromatic N) is 10. The average Bonchev–Trinajstić information content (AvgIpc) is 1.64. The Labute approximate surface area is 806 Å². The molecule has 130 heavy (non-hydrogen) atoms. The number of aryl methyl sites for hydroxylation is 10. The fourth-order valence-electron chi connectivity index (χ4n) is 15.5. The highest BCUT2D eigenvalue weighted by molar-refractivity contribution is 14.1. The van der Waals surface area contributed by atoms with Crippen molar-refractivity contribution in [3.63, 3.8) is 0 Å². The van der Waals surface area contributed by atoms with E-state index in [4.69, 9.17) is 34.4 Å². The van der Waals surface area contributed by atoms with Crippen molar-refractivity contribution < 1.29 is 67.9 Å². The number of aromatic nitrogens is 10. The quantitative estimate of drug-likeness (QED) is 0.0128. The molecule has 0 radical (unpaired) electrons. The summed E-state index contributed by atoms with van der Waals surface area (Å²) in [6.45, 7) is 12.4. The Balaban J connectivity index is 0.000000147. The number of hydrogen-bond donors (Lipinski definition) is 8. The van der Waals surface area contributed by atoms with E-state index >= 15 is 0 Å². The van der Waals surface area contributed by atoms with Crippen LogP contribution in [0.5, 0.6) is 0 Å². The SMILES string of the molecule is CCONC(=O)c1c(Cc2ccc(I)cc2C)n(C)c2ncccc12.CONC(=O)c1c(Cc2ccc(I)cc2C)n(C)c2ncccc12.Cc1cc(I)ccc1Cc1c(C(=O)NOCCO)c2cccnc2n1C.Cc1ccc(Cc2c(C(=O)NOCC3CC3)c3cccnc3n2C)c(C)c1.Cn1c(Cc2ccc(I)cc2F)c(C(=O)NOC[C@@H](O)CO)c2cccnc21. The summed E-state index contributed by atoms with van der Waals surface area (Å²) in [5.74, 6) is -1.32. The van der Waals surface area contributed by atoms with Gasteiger partial charge in [-0.05, 0) is 310 Å². The number of aliphatic hydroxyl groups is 3. The third kappa shape index (κ3) is 23.8. The molecule has 5 aromatic carbocycles. The molecule has 10 aromatic heterocycles. The summed E-state index contributed by atoms with van der Waals surface area (Å²) in [6.07, 6.45) is 12.6. The number of benzene rings is 5. The van der Waals surface area contributed by atoms with Gasteiger partial charge in [0.2, 0.25) is 0 Å². The number of hydrogen-bond acceptors (Lipinski definition) is 18. The normalized spacial score (nSPS) is 11.9. The van der Waals surface area contributed by atoms with Crippen LogP contribution in [0.25, 0.3) is 55.2 Å². The van der Waals surface area contributed by atoms with Crippen LogP contribution < -0.4 is 27.4 Å². The fraction of sp³-hybridized carbons (Fsp3) is 0.278. The second kappa shape index (κ2) is 46.0. The molecule has 0 bridgehead atoms. The highest BCUT2D eigenvalue weighted by atomic mass is 127. The van der Waals surface area contributed by atoms with E-state index in [-0.39, 0.29) is 55.7 Å². The largest absolute Gasteiger partial charge is 0.394 e. The maximum atomic E-state index is 14.4. The molecule has 1 aliphatic carbocycles. The first-order chi connectivity index (χ1) is 62.5. The molecule has 8 N–H and O–H groups in total. The predicted octanol–water partition coefficient (Wildman–Crippen LogP) is 15.6. The molecule has 5 amide bonds. The Morgan fingerprint density at radius 2 is 0.715 bits per heavy atom. The number of pyridine rings is 5. The highest BCUT2D eigenvalue weighted by Gasteiger charge is 2.30. The second-order valence-electron chi connectivity index (χ2n) is 31.3. The first-order valence-electron chi connectivity index (χ1n) is 41.8. The molecule has 33 heteroatoms. The molecule has 1 fully saturated rings. The fourth-order valence-corrected chi connectivity index (χ4v) is 17.8. The van der Waals surface area contributed by atoms with Crippen LogP contribution in [0.1, 0.15) is 156 Å². The Kier molecular flexibility index (Phi) is 34.8. The van der Waals surface area contributed by atoms with E-state index in [0.29, 0.717) is 94.9 Å². The van der Waals surface area contributed by atoms with Gasteiger partial charge in [0, 0.05) is 168 Å². The van der Waals surface area contributed by atoms with Crippen molar-refractivity contribution in [3.8, 4) is 0 Å². The standard InChI is InChI=1S/C22H25N3O2.C19H19FIN3O4.C19H20IN3O3.C19H20IN3O2.C18H18IN3O2/c1-14-6-9-17(15(2)11-14)12-19-20(22(26)24-27-13-16-7-8-16)18-5-4-10-23-21(18)25(19)3;1-24-16(7-11-4-5-12(21)8-15(11)20)17(14-3-2-6-22-18(14)24)19(27)23-28-10-13(26)9-25;1-12-10-14(20)6-5-13(12)11-16-17(19(25)22-26-9-8-24)15-4-3-7-21-18(15)23(16)2;1-4-25-22-19(24)17-15-6-5-9-21-18(15)23(3)16(17)11-13-7-8-14(20)10-12(13)2;1-11-9-13(19)7-6-12(11)10-15-16(18(23)21-24-3)14-5-4-8-20-17(14)22(15)2/h4-6,9-11,16H,7-8,12-13H2,1-3H3,(H,24,26);2-6,8,13,25-26H,7,9-10H2,1H3,(H,23,27);3-7,10,24H,8-9,11H2,1-2H3,(H,22,25);5-10H,4,11H2,1-3H3,(H,22,24);4-9H,10H2,1-3H3,(H,21,23)/t;13-;;;/m.0.../s1. The van der Waals surface area contributed by atoms with Crippen molar-refractivity contribution in [1.29, 1.82) is 0 Å². The zero-order valence-corrected chi connectivity index (χ0v) is 82.6. The molecule has 0 saturated heterocycles. The molecule has 16 rings (SSSR count). The van der Waals surface area contributed by atoms with Crippen LogP contribution in [-0.4, -0.2) is 145 Å². The van der Waals surface area contributed by atoms with Crippen molar-refractivity contribution in [2.24, 2.45) is 41.2 Å². The number of hydroxylamine groups is 5. The van der Waals surface area contributed by atoms with Crippen LogP contribution in [0.3, 0.4) is 0 Å². The average molecular weight is 2210 g/mol. The topological polar surface area (TPSA) is 341 Å². The van der Waals surface area contributed by atoms with E-state index in [1.54, 1.807) is 66.9 Å². The Bertz CT molecular complexity index is 6640. The molecule has 1 saturated carbocycles. The summed E-state index contributed by atoms with van der Waals surface area (Å²) >= 11 is 8.94. The van der Waals surface area contributed by atoms with Crippen LogP contribution in [0, 0.1) is 60.6 Å². The van der Waals surface area contributed by atoms with Gasteiger partial charge in [0.15, 0.2) is 0 Å². The summed E-state index contributed by atoms with van der Waals surface area (Å²) < 4.78 is 28.4. The van der Waals surface area contributed by atoms with Crippen LogP contribution in [-0.2, 0) is 91.5 Å². The number of carbonyl (C=O) groups is 5. The zero-order chi connectivity index (χ0) is 93.1. The second-order valence-corrected chi connectivity index (χ2v) is 36.3. The smallest absolute Gasteiger partial charge is 0.277 e. The number of halogens is 5. The van der Waals surface area contributed by atoms with Gasteiger partial charge in [0.1, 0.15) is 46.8 Å². The van der Waals surface area contributed by atoms with E-state index in [2.05, 4.69) is 228 Å². The third-order valence-corrected chi connectivity index (χ3v) is 25.1. The van der Waals surface area contributed by atoms with Crippen molar-refractivity contribution >= 4 is 175 Å². The van der Waals surface area contributed by atoms with Crippen molar-refractivity contribution in [3.05, 3.63) is 315 Å².